The third-order valence-electron chi connectivity index (χ3n) is 4.08. The smallest absolute Gasteiger partial charge is 0.208 e. The first-order valence-corrected chi connectivity index (χ1v) is 7.87. The van der Waals surface area contributed by atoms with E-state index in [2.05, 4.69) is 25.0 Å². The normalized spacial score (nSPS) is 19.0. The summed E-state index contributed by atoms with van der Waals surface area (Å²) in [7, 11) is 2.01. The molecule has 3 rings (SSSR count). The molecule has 2 aromatic rings. The van der Waals surface area contributed by atoms with E-state index in [9.17, 15) is 0 Å². The average Bonchev–Trinajstić information content (AvgIpc) is 2.86. The van der Waals surface area contributed by atoms with Crippen LogP contribution in [0.5, 0.6) is 0 Å². The Hall–Kier alpha value is -1.99. The molecule has 7 nitrogen and oxygen atoms in total. The number of nitrogens with zero attached hydrogens (tertiary/aromatic N) is 5. The summed E-state index contributed by atoms with van der Waals surface area (Å²) in [5.74, 6) is 2.53. The third kappa shape index (κ3) is 4.05. The van der Waals surface area contributed by atoms with E-state index in [0.717, 1.165) is 55.9 Å². The van der Waals surface area contributed by atoms with Crippen LogP contribution in [0.3, 0.4) is 0 Å². The number of ether oxygens (including phenoxy) is 1. The minimum atomic E-state index is 0.132. The maximum absolute atomic E-state index is 5.88. The fourth-order valence-corrected chi connectivity index (χ4v) is 2.73. The van der Waals surface area contributed by atoms with E-state index >= 15 is 0 Å². The molecule has 2 aromatic heterocycles. The predicted octanol–water partition coefficient (Wildman–Crippen LogP) is 1.42. The zero-order chi connectivity index (χ0) is 16.2. The molecule has 0 N–H and O–H groups in total. The van der Waals surface area contributed by atoms with E-state index in [1.807, 2.05) is 33.0 Å². The summed E-state index contributed by atoms with van der Waals surface area (Å²) in [6.45, 7) is 7.89. The van der Waals surface area contributed by atoms with Gasteiger partial charge in [0, 0.05) is 32.9 Å². The lowest BCUT2D eigenvalue weighted by Crippen LogP contribution is -2.46. The van der Waals surface area contributed by atoms with Gasteiger partial charge in [-0.25, -0.2) is 4.98 Å². The number of aromatic nitrogens is 3. The molecule has 0 amide bonds. The number of oxazole rings is 1. The molecule has 1 fully saturated rings. The van der Waals surface area contributed by atoms with E-state index in [1.54, 1.807) is 6.20 Å². The number of rotatable bonds is 5. The van der Waals surface area contributed by atoms with Gasteiger partial charge in [-0.3, -0.25) is 4.90 Å². The van der Waals surface area contributed by atoms with Gasteiger partial charge in [0.15, 0.2) is 5.82 Å². The highest BCUT2D eigenvalue weighted by atomic mass is 16.5. The maximum atomic E-state index is 5.88. The van der Waals surface area contributed by atoms with Crippen LogP contribution < -0.4 is 4.90 Å². The summed E-state index contributed by atoms with van der Waals surface area (Å²) < 4.78 is 11.6. The van der Waals surface area contributed by atoms with Crippen molar-refractivity contribution in [2.24, 2.45) is 0 Å². The molecule has 3 heterocycles. The van der Waals surface area contributed by atoms with Gasteiger partial charge in [0.2, 0.25) is 5.89 Å². The Morgan fingerprint density at radius 3 is 2.96 bits per heavy atom. The fraction of sp³-hybridized carbons (Fsp3) is 0.562. The molecule has 1 atom stereocenters. The summed E-state index contributed by atoms with van der Waals surface area (Å²) in [6.07, 6.45) is 1.81. The highest BCUT2D eigenvalue weighted by Crippen LogP contribution is 2.15. The average molecular weight is 317 g/mol. The zero-order valence-electron chi connectivity index (χ0n) is 13.9. The van der Waals surface area contributed by atoms with Crippen molar-refractivity contribution in [2.75, 3.05) is 38.2 Å². The predicted molar refractivity (Wildman–Crippen MR) is 86.3 cm³/mol. The van der Waals surface area contributed by atoms with Crippen molar-refractivity contribution in [1.29, 1.82) is 0 Å². The molecule has 0 unspecified atom stereocenters. The number of hydrogen-bond donors (Lipinski definition) is 0. The van der Waals surface area contributed by atoms with E-state index in [0.29, 0.717) is 0 Å². The largest absolute Gasteiger partial charge is 0.444 e. The van der Waals surface area contributed by atoms with E-state index in [4.69, 9.17) is 9.15 Å². The molecular weight excluding hydrogens is 294 g/mol. The molecule has 0 bridgehead atoms. The lowest BCUT2D eigenvalue weighted by Gasteiger charge is -2.34. The molecule has 0 aromatic carbocycles. The summed E-state index contributed by atoms with van der Waals surface area (Å²) in [5.41, 5.74) is 0.965. The van der Waals surface area contributed by atoms with Crippen LogP contribution in [0.1, 0.15) is 17.3 Å². The van der Waals surface area contributed by atoms with Crippen molar-refractivity contribution in [3.8, 4) is 0 Å². The van der Waals surface area contributed by atoms with Crippen molar-refractivity contribution in [3.05, 3.63) is 35.7 Å². The van der Waals surface area contributed by atoms with Crippen LogP contribution in [0.4, 0.5) is 5.82 Å². The number of anilines is 1. The molecule has 0 aliphatic carbocycles. The Morgan fingerprint density at radius 2 is 2.26 bits per heavy atom. The molecule has 7 heteroatoms. The standard InChI is InChI=1S/C16H23N5O2/c1-12-13(2)23-16(18-12)11-21-7-8-22-14(10-21)9-20(3)15-5-4-6-17-19-15/h4-6,14H,7-11H2,1-3H3/t14-/m0/s1. The fourth-order valence-electron chi connectivity index (χ4n) is 2.73. The molecular formula is C16H23N5O2. The molecule has 1 aliphatic rings. The Bertz CT molecular complexity index is 611. The highest BCUT2D eigenvalue weighted by molar-refractivity contribution is 5.35. The van der Waals surface area contributed by atoms with E-state index < -0.39 is 0 Å². The number of likely N-dealkylation sites (N-methyl/N-ethyl adjacent to an activating group) is 1. The van der Waals surface area contributed by atoms with Crippen LogP contribution in [0.15, 0.2) is 22.7 Å². The van der Waals surface area contributed by atoms with Crippen LogP contribution in [0.2, 0.25) is 0 Å². The monoisotopic (exact) mass is 317 g/mol. The molecule has 23 heavy (non-hydrogen) atoms. The molecule has 124 valence electrons. The minimum Gasteiger partial charge on any atom is -0.444 e. The first-order chi connectivity index (χ1) is 11.1. The molecule has 0 radical (unpaired) electrons. The first-order valence-electron chi connectivity index (χ1n) is 7.87. The Kier molecular flexibility index (Phi) is 4.88. The van der Waals surface area contributed by atoms with Crippen molar-refractivity contribution in [2.45, 2.75) is 26.5 Å². The second-order valence-electron chi connectivity index (χ2n) is 5.94. The van der Waals surface area contributed by atoms with Gasteiger partial charge in [-0.2, -0.15) is 5.10 Å². The second kappa shape index (κ2) is 7.06. The van der Waals surface area contributed by atoms with E-state index in [1.165, 1.54) is 0 Å². The van der Waals surface area contributed by atoms with Crippen LogP contribution in [-0.4, -0.2) is 59.5 Å². The van der Waals surface area contributed by atoms with Gasteiger partial charge in [-0.1, -0.05) is 0 Å². The molecule has 0 saturated carbocycles. The first kappa shape index (κ1) is 15.9. The summed E-state index contributed by atoms with van der Waals surface area (Å²) in [6, 6.07) is 3.84. The second-order valence-corrected chi connectivity index (χ2v) is 5.94. The highest BCUT2D eigenvalue weighted by Gasteiger charge is 2.23. The lowest BCUT2D eigenvalue weighted by molar-refractivity contribution is -0.0288. The Morgan fingerprint density at radius 1 is 1.39 bits per heavy atom. The van der Waals surface area contributed by atoms with Crippen LogP contribution >= 0.6 is 0 Å². The van der Waals surface area contributed by atoms with Gasteiger partial charge in [0.1, 0.15) is 5.76 Å². The van der Waals surface area contributed by atoms with Crippen molar-refractivity contribution in [3.63, 3.8) is 0 Å². The lowest BCUT2D eigenvalue weighted by atomic mass is 10.2. The van der Waals surface area contributed by atoms with Gasteiger partial charge < -0.3 is 14.1 Å². The van der Waals surface area contributed by atoms with Crippen molar-refractivity contribution >= 4 is 5.82 Å². The quantitative estimate of drug-likeness (QED) is 0.826. The molecule has 1 aliphatic heterocycles. The minimum absolute atomic E-state index is 0.132. The Labute approximate surface area is 136 Å². The number of morpholine rings is 1. The third-order valence-corrected chi connectivity index (χ3v) is 4.08. The SMILES string of the molecule is Cc1nc(CN2CCO[C@@H](CN(C)c3cccnn3)C2)oc1C. The van der Waals surface area contributed by atoms with Gasteiger partial charge in [-0.15, -0.1) is 5.10 Å². The zero-order valence-corrected chi connectivity index (χ0v) is 13.9. The van der Waals surface area contributed by atoms with Crippen LogP contribution in [0.25, 0.3) is 0 Å². The topological polar surface area (TPSA) is 67.5 Å². The maximum Gasteiger partial charge on any atom is 0.208 e. The van der Waals surface area contributed by atoms with Crippen LogP contribution in [-0.2, 0) is 11.3 Å². The van der Waals surface area contributed by atoms with Crippen molar-refractivity contribution in [1.82, 2.24) is 20.1 Å². The molecule has 0 spiro atoms. The van der Waals surface area contributed by atoms with Gasteiger partial charge >= 0.3 is 0 Å². The van der Waals surface area contributed by atoms with E-state index in [-0.39, 0.29) is 6.10 Å². The van der Waals surface area contributed by atoms with Gasteiger partial charge in [-0.05, 0) is 26.0 Å². The van der Waals surface area contributed by atoms with Gasteiger partial charge in [0.05, 0.1) is 24.9 Å². The van der Waals surface area contributed by atoms with Gasteiger partial charge in [0.25, 0.3) is 0 Å². The molecule has 1 saturated heterocycles. The number of hydrogen-bond acceptors (Lipinski definition) is 7. The van der Waals surface area contributed by atoms with Crippen molar-refractivity contribution < 1.29 is 9.15 Å². The number of aryl methyl sites for hydroxylation is 2. The summed E-state index contributed by atoms with van der Waals surface area (Å²) >= 11 is 0. The van der Waals surface area contributed by atoms with Crippen LogP contribution in [0, 0.1) is 13.8 Å². The summed E-state index contributed by atoms with van der Waals surface area (Å²) in [4.78, 5) is 8.85. The Balaban J connectivity index is 1.55. The summed E-state index contributed by atoms with van der Waals surface area (Å²) in [5, 5.41) is 8.04.